The molecule has 0 saturated heterocycles. The number of fused-ring (bicyclic) bond motifs is 1. The van der Waals surface area contributed by atoms with E-state index in [1.807, 2.05) is 0 Å². The Kier molecular flexibility index (Phi) is 4.35. The van der Waals surface area contributed by atoms with Crippen LogP contribution in [0.5, 0.6) is 0 Å². The third-order valence-corrected chi connectivity index (χ3v) is 5.01. The molecule has 0 spiro atoms. The van der Waals surface area contributed by atoms with E-state index in [0.717, 1.165) is 5.56 Å². The highest BCUT2D eigenvalue weighted by molar-refractivity contribution is 6.33. The van der Waals surface area contributed by atoms with Gasteiger partial charge in [-0.15, -0.1) is 0 Å². The average molecular weight is 402 g/mol. The number of carbonyl (C=O) groups is 1. The fourth-order valence-electron chi connectivity index (χ4n) is 3.35. The fourth-order valence-corrected chi connectivity index (χ4v) is 3.60. The van der Waals surface area contributed by atoms with Crippen LogP contribution in [-0.2, 0) is 6.42 Å². The van der Waals surface area contributed by atoms with E-state index in [2.05, 4.69) is 5.16 Å². The van der Waals surface area contributed by atoms with E-state index in [1.165, 1.54) is 35.2 Å². The first-order valence-corrected chi connectivity index (χ1v) is 8.76. The highest BCUT2D eigenvalue weighted by atomic mass is 35.5. The summed E-state index contributed by atoms with van der Waals surface area (Å²) in [6, 6.07) is 8.56. The minimum atomic E-state index is -0.632. The molecule has 0 fully saturated rings. The van der Waals surface area contributed by atoms with Crippen LogP contribution in [0.4, 0.5) is 15.8 Å². The normalized spacial score (nSPS) is 12.9. The Morgan fingerprint density at radius 2 is 2.14 bits per heavy atom. The second kappa shape index (κ2) is 6.72. The molecule has 1 aliphatic rings. The maximum Gasteiger partial charge on any atom is 0.271 e. The number of nitro benzene ring substituents is 1. The van der Waals surface area contributed by atoms with Crippen LogP contribution in [-0.4, -0.2) is 22.5 Å². The summed E-state index contributed by atoms with van der Waals surface area (Å²) in [5.41, 5.74) is 1.21. The number of halogens is 2. The number of non-ortho nitro benzene ring substituents is 1. The summed E-state index contributed by atoms with van der Waals surface area (Å²) in [6.45, 7) is 1.88. The summed E-state index contributed by atoms with van der Waals surface area (Å²) in [7, 11) is 0. The number of carbonyl (C=O) groups excluding carboxylic acids is 1. The third kappa shape index (κ3) is 2.82. The molecule has 0 aliphatic carbocycles. The molecule has 1 aliphatic heterocycles. The van der Waals surface area contributed by atoms with Crippen molar-refractivity contribution in [1.29, 1.82) is 0 Å². The minimum Gasteiger partial charge on any atom is -0.360 e. The molecule has 0 radical (unpaired) electrons. The van der Waals surface area contributed by atoms with Gasteiger partial charge in [-0.2, -0.15) is 0 Å². The van der Waals surface area contributed by atoms with Gasteiger partial charge in [0.05, 0.1) is 21.2 Å². The molecule has 0 saturated carbocycles. The second-order valence-electron chi connectivity index (χ2n) is 6.34. The zero-order valence-electron chi connectivity index (χ0n) is 14.6. The van der Waals surface area contributed by atoms with Gasteiger partial charge in [-0.05, 0) is 31.0 Å². The first-order chi connectivity index (χ1) is 13.4. The molecular weight excluding hydrogens is 389 g/mol. The molecule has 3 aromatic rings. The van der Waals surface area contributed by atoms with Crippen molar-refractivity contribution in [3.8, 4) is 11.3 Å². The summed E-state index contributed by atoms with van der Waals surface area (Å²) in [5.74, 6) is -0.905. The molecule has 28 heavy (non-hydrogen) atoms. The van der Waals surface area contributed by atoms with Crippen molar-refractivity contribution in [2.45, 2.75) is 13.3 Å². The van der Waals surface area contributed by atoms with Crippen LogP contribution in [0, 0.1) is 22.9 Å². The maximum absolute atomic E-state index is 14.4. The number of hydrogen-bond donors (Lipinski definition) is 0. The third-order valence-electron chi connectivity index (χ3n) is 4.70. The monoisotopic (exact) mass is 401 g/mol. The Hall–Kier alpha value is -3.26. The molecule has 0 atom stereocenters. The summed E-state index contributed by atoms with van der Waals surface area (Å²) >= 11 is 6.12. The largest absolute Gasteiger partial charge is 0.360 e. The van der Waals surface area contributed by atoms with Gasteiger partial charge < -0.3 is 9.42 Å². The number of benzene rings is 2. The first-order valence-electron chi connectivity index (χ1n) is 8.38. The molecule has 7 nitrogen and oxygen atoms in total. The topological polar surface area (TPSA) is 89.5 Å². The predicted octanol–water partition coefficient (Wildman–Crippen LogP) is 4.55. The maximum atomic E-state index is 14.4. The van der Waals surface area contributed by atoms with E-state index in [0.29, 0.717) is 18.7 Å². The van der Waals surface area contributed by atoms with Crippen molar-refractivity contribution in [2.75, 3.05) is 11.4 Å². The smallest absolute Gasteiger partial charge is 0.271 e. The number of aryl methyl sites for hydroxylation is 1. The average Bonchev–Trinajstić information content (AvgIpc) is 3.24. The van der Waals surface area contributed by atoms with Crippen molar-refractivity contribution in [2.24, 2.45) is 0 Å². The van der Waals surface area contributed by atoms with Crippen LogP contribution in [0.1, 0.15) is 21.7 Å². The van der Waals surface area contributed by atoms with Crippen LogP contribution < -0.4 is 4.90 Å². The van der Waals surface area contributed by atoms with Crippen LogP contribution in [0.25, 0.3) is 11.3 Å². The Morgan fingerprint density at radius 3 is 2.86 bits per heavy atom. The molecule has 0 unspecified atom stereocenters. The van der Waals surface area contributed by atoms with Crippen LogP contribution in [0.15, 0.2) is 40.9 Å². The van der Waals surface area contributed by atoms with E-state index in [9.17, 15) is 19.3 Å². The lowest BCUT2D eigenvalue weighted by Crippen LogP contribution is -2.29. The Balaban J connectivity index is 1.81. The predicted molar refractivity (Wildman–Crippen MR) is 100 cm³/mol. The highest BCUT2D eigenvalue weighted by Gasteiger charge is 2.33. The van der Waals surface area contributed by atoms with Crippen LogP contribution in [0.3, 0.4) is 0 Å². The zero-order valence-corrected chi connectivity index (χ0v) is 15.4. The first kappa shape index (κ1) is 18.1. The van der Waals surface area contributed by atoms with Crippen molar-refractivity contribution in [3.05, 3.63) is 74.2 Å². The second-order valence-corrected chi connectivity index (χ2v) is 6.74. The van der Waals surface area contributed by atoms with E-state index in [1.54, 1.807) is 13.0 Å². The number of nitrogens with zero attached hydrogens (tertiary/aromatic N) is 3. The quantitative estimate of drug-likeness (QED) is 0.474. The number of amides is 1. The standard InChI is InChI=1S/C19H13ClFN3O4/c1-10-16(18(22-28-10)17-13(20)3-2-4-14(17)21)19(25)23-8-7-11-5-6-12(24(26)27)9-15(11)23/h2-6,9H,7-8H2,1H3. The SMILES string of the molecule is Cc1onc(-c2c(F)cccc2Cl)c1C(=O)N1CCc2ccc([N+](=O)[O-])cc21. The lowest BCUT2D eigenvalue weighted by molar-refractivity contribution is -0.384. The van der Waals surface area contributed by atoms with E-state index in [-0.39, 0.29) is 33.3 Å². The molecular formula is C19H13ClFN3O4. The molecule has 0 N–H and O–H groups in total. The number of anilines is 1. The molecule has 142 valence electrons. The number of rotatable bonds is 3. The fraction of sp³-hybridized carbons (Fsp3) is 0.158. The van der Waals surface area contributed by atoms with Crippen molar-refractivity contribution in [3.63, 3.8) is 0 Å². The molecule has 1 amide bonds. The summed E-state index contributed by atoms with van der Waals surface area (Å²) in [6.07, 6.45) is 0.555. The lowest BCUT2D eigenvalue weighted by atomic mass is 10.0. The molecule has 0 bridgehead atoms. The van der Waals surface area contributed by atoms with Gasteiger partial charge in [0.25, 0.3) is 11.6 Å². The number of hydrogen-bond acceptors (Lipinski definition) is 5. The summed E-state index contributed by atoms with van der Waals surface area (Å²) < 4.78 is 19.5. The van der Waals surface area contributed by atoms with Gasteiger partial charge in [-0.3, -0.25) is 14.9 Å². The van der Waals surface area contributed by atoms with Gasteiger partial charge in [-0.1, -0.05) is 28.9 Å². The van der Waals surface area contributed by atoms with Gasteiger partial charge in [0, 0.05) is 18.7 Å². The van der Waals surface area contributed by atoms with Gasteiger partial charge in [-0.25, -0.2) is 4.39 Å². The molecule has 9 heteroatoms. The van der Waals surface area contributed by atoms with Crippen molar-refractivity contribution in [1.82, 2.24) is 5.16 Å². The minimum absolute atomic E-state index is 0.00415. The highest BCUT2D eigenvalue weighted by Crippen LogP contribution is 2.37. The summed E-state index contributed by atoms with van der Waals surface area (Å²) in [5, 5.41) is 15.0. The van der Waals surface area contributed by atoms with E-state index in [4.69, 9.17) is 16.1 Å². The van der Waals surface area contributed by atoms with Gasteiger partial charge >= 0.3 is 0 Å². The lowest BCUT2D eigenvalue weighted by Gasteiger charge is -2.17. The Morgan fingerprint density at radius 1 is 1.36 bits per heavy atom. The van der Waals surface area contributed by atoms with Gasteiger partial charge in [0.1, 0.15) is 22.8 Å². The molecule has 4 rings (SSSR count). The number of nitro groups is 1. The van der Waals surface area contributed by atoms with Gasteiger partial charge in [0.2, 0.25) is 0 Å². The van der Waals surface area contributed by atoms with Crippen molar-refractivity contribution < 1.29 is 18.6 Å². The molecule has 2 aromatic carbocycles. The zero-order chi connectivity index (χ0) is 20.0. The van der Waals surface area contributed by atoms with Crippen molar-refractivity contribution >= 4 is 28.9 Å². The summed E-state index contributed by atoms with van der Waals surface area (Å²) in [4.78, 5) is 25.3. The van der Waals surface area contributed by atoms with E-state index < -0.39 is 16.6 Å². The Labute approximate surface area is 163 Å². The molecule has 1 aromatic heterocycles. The van der Waals surface area contributed by atoms with Crippen LogP contribution >= 0.6 is 11.6 Å². The van der Waals surface area contributed by atoms with Gasteiger partial charge in [0.15, 0.2) is 0 Å². The number of aromatic nitrogens is 1. The Bertz CT molecular complexity index is 1110. The van der Waals surface area contributed by atoms with E-state index >= 15 is 0 Å². The van der Waals surface area contributed by atoms with Crippen LogP contribution in [0.2, 0.25) is 5.02 Å². The molecule has 2 heterocycles.